The van der Waals surface area contributed by atoms with Crippen LogP contribution in [0.4, 0.5) is 11.7 Å². The van der Waals surface area contributed by atoms with Gasteiger partial charge in [0.1, 0.15) is 5.52 Å². The second-order valence-electron chi connectivity index (χ2n) is 3.75. The molecule has 0 spiro atoms. The van der Waals surface area contributed by atoms with Crippen LogP contribution >= 0.6 is 0 Å². The number of likely N-dealkylation sites (N-methyl/N-ethyl adjacent to an activating group) is 2. The SMILES string of the molecule is CNCCN(C)c1nc2ccc(N)cc2o1. The van der Waals surface area contributed by atoms with E-state index in [0.29, 0.717) is 11.7 Å². The van der Waals surface area contributed by atoms with Crippen LogP contribution in [0.15, 0.2) is 22.6 Å². The van der Waals surface area contributed by atoms with Crippen molar-refractivity contribution in [3.05, 3.63) is 18.2 Å². The van der Waals surface area contributed by atoms with Gasteiger partial charge in [0.15, 0.2) is 5.58 Å². The van der Waals surface area contributed by atoms with Crippen LogP contribution in [0.5, 0.6) is 0 Å². The minimum absolute atomic E-state index is 0.621. The van der Waals surface area contributed by atoms with Crippen molar-refractivity contribution in [2.24, 2.45) is 0 Å². The fourth-order valence-electron chi connectivity index (χ4n) is 1.47. The lowest BCUT2D eigenvalue weighted by Crippen LogP contribution is -2.27. The molecule has 0 aliphatic carbocycles. The summed E-state index contributed by atoms with van der Waals surface area (Å²) in [6.45, 7) is 1.73. The Morgan fingerprint density at radius 3 is 3.06 bits per heavy atom. The minimum Gasteiger partial charge on any atom is -0.423 e. The average molecular weight is 220 g/mol. The fraction of sp³-hybridized carbons (Fsp3) is 0.364. The van der Waals surface area contributed by atoms with Crippen molar-refractivity contribution in [2.75, 3.05) is 37.8 Å². The number of hydrogen-bond acceptors (Lipinski definition) is 5. The molecular formula is C11H16N4O. The summed E-state index contributed by atoms with van der Waals surface area (Å²) in [6.07, 6.45) is 0. The molecule has 0 aliphatic rings. The van der Waals surface area contributed by atoms with E-state index in [0.717, 1.165) is 24.2 Å². The van der Waals surface area contributed by atoms with E-state index in [9.17, 15) is 0 Å². The molecule has 2 rings (SSSR count). The van der Waals surface area contributed by atoms with Crippen molar-refractivity contribution >= 4 is 22.8 Å². The number of anilines is 2. The van der Waals surface area contributed by atoms with Crippen molar-refractivity contribution in [2.45, 2.75) is 0 Å². The van der Waals surface area contributed by atoms with Gasteiger partial charge < -0.3 is 20.4 Å². The van der Waals surface area contributed by atoms with Gasteiger partial charge in [0.25, 0.3) is 6.01 Å². The standard InChI is InChI=1S/C11H16N4O/c1-13-5-6-15(2)11-14-9-4-3-8(12)7-10(9)16-11/h3-4,7,13H,5-6,12H2,1-2H3. The van der Waals surface area contributed by atoms with Crippen LogP contribution in [0.2, 0.25) is 0 Å². The molecule has 0 fully saturated rings. The molecule has 0 atom stereocenters. The fourth-order valence-corrected chi connectivity index (χ4v) is 1.47. The summed E-state index contributed by atoms with van der Waals surface area (Å²) < 4.78 is 5.61. The van der Waals surface area contributed by atoms with E-state index in [-0.39, 0.29) is 0 Å². The summed E-state index contributed by atoms with van der Waals surface area (Å²) in [6, 6.07) is 6.10. The van der Waals surface area contributed by atoms with Crippen LogP contribution in [0, 0.1) is 0 Å². The molecule has 0 amide bonds. The molecule has 16 heavy (non-hydrogen) atoms. The third-order valence-electron chi connectivity index (χ3n) is 2.42. The first-order valence-corrected chi connectivity index (χ1v) is 5.22. The van der Waals surface area contributed by atoms with E-state index in [4.69, 9.17) is 10.2 Å². The van der Waals surface area contributed by atoms with E-state index in [1.165, 1.54) is 0 Å². The zero-order chi connectivity index (χ0) is 11.5. The maximum Gasteiger partial charge on any atom is 0.298 e. The minimum atomic E-state index is 0.621. The summed E-state index contributed by atoms with van der Waals surface area (Å²) >= 11 is 0. The van der Waals surface area contributed by atoms with E-state index in [1.807, 2.05) is 31.1 Å². The summed E-state index contributed by atoms with van der Waals surface area (Å²) in [4.78, 5) is 6.35. The van der Waals surface area contributed by atoms with Crippen molar-refractivity contribution in [3.8, 4) is 0 Å². The molecule has 1 aromatic carbocycles. The van der Waals surface area contributed by atoms with Crippen LogP contribution in [0.1, 0.15) is 0 Å². The second-order valence-corrected chi connectivity index (χ2v) is 3.75. The Morgan fingerprint density at radius 1 is 1.50 bits per heavy atom. The molecule has 0 bridgehead atoms. The van der Waals surface area contributed by atoms with Gasteiger partial charge in [-0.25, -0.2) is 0 Å². The highest BCUT2D eigenvalue weighted by molar-refractivity contribution is 5.78. The van der Waals surface area contributed by atoms with Gasteiger partial charge in [0.05, 0.1) is 0 Å². The number of nitrogens with two attached hydrogens (primary N) is 1. The Kier molecular flexibility index (Phi) is 2.96. The van der Waals surface area contributed by atoms with Crippen LogP contribution in [0.25, 0.3) is 11.1 Å². The lowest BCUT2D eigenvalue weighted by atomic mass is 10.3. The summed E-state index contributed by atoms with van der Waals surface area (Å²) in [5.41, 5.74) is 7.93. The highest BCUT2D eigenvalue weighted by Gasteiger charge is 2.09. The monoisotopic (exact) mass is 220 g/mol. The van der Waals surface area contributed by atoms with Gasteiger partial charge in [0, 0.05) is 31.9 Å². The molecule has 2 aromatic rings. The van der Waals surface area contributed by atoms with Gasteiger partial charge in [-0.1, -0.05) is 0 Å². The first kappa shape index (κ1) is 10.8. The molecule has 5 nitrogen and oxygen atoms in total. The number of aromatic nitrogens is 1. The van der Waals surface area contributed by atoms with Gasteiger partial charge in [0.2, 0.25) is 0 Å². The molecule has 3 N–H and O–H groups in total. The quantitative estimate of drug-likeness (QED) is 0.754. The van der Waals surface area contributed by atoms with Gasteiger partial charge in [-0.05, 0) is 19.2 Å². The number of nitrogens with zero attached hydrogens (tertiary/aromatic N) is 2. The van der Waals surface area contributed by atoms with Gasteiger partial charge in [-0.2, -0.15) is 4.98 Å². The number of hydrogen-bond donors (Lipinski definition) is 2. The first-order chi connectivity index (χ1) is 7.70. The molecule has 0 aliphatic heterocycles. The predicted molar refractivity (Wildman–Crippen MR) is 65.6 cm³/mol. The molecule has 5 heteroatoms. The van der Waals surface area contributed by atoms with Gasteiger partial charge in [-0.15, -0.1) is 0 Å². The highest BCUT2D eigenvalue weighted by atomic mass is 16.4. The Bertz CT molecular complexity index is 480. The Hall–Kier alpha value is -1.75. The van der Waals surface area contributed by atoms with E-state index in [2.05, 4.69) is 10.3 Å². The maximum atomic E-state index is 5.68. The zero-order valence-corrected chi connectivity index (χ0v) is 9.53. The Labute approximate surface area is 94.2 Å². The molecular weight excluding hydrogens is 204 g/mol. The Morgan fingerprint density at radius 2 is 2.31 bits per heavy atom. The van der Waals surface area contributed by atoms with Crippen molar-refractivity contribution in [1.29, 1.82) is 0 Å². The van der Waals surface area contributed by atoms with Crippen LogP contribution in [-0.2, 0) is 0 Å². The summed E-state index contributed by atoms with van der Waals surface area (Å²) in [5.74, 6) is 0. The molecule has 86 valence electrons. The molecule has 1 heterocycles. The molecule has 0 saturated heterocycles. The van der Waals surface area contributed by atoms with Crippen molar-refractivity contribution < 1.29 is 4.42 Å². The van der Waals surface area contributed by atoms with Crippen LogP contribution in [-0.4, -0.2) is 32.2 Å². The molecule has 1 aromatic heterocycles. The largest absolute Gasteiger partial charge is 0.423 e. The normalized spacial score (nSPS) is 10.9. The van der Waals surface area contributed by atoms with Crippen LogP contribution < -0.4 is 16.0 Å². The number of nitrogens with one attached hydrogen (secondary N) is 1. The van der Waals surface area contributed by atoms with Gasteiger partial charge in [-0.3, -0.25) is 0 Å². The molecule has 0 radical (unpaired) electrons. The second kappa shape index (κ2) is 4.40. The third kappa shape index (κ3) is 2.09. The lowest BCUT2D eigenvalue weighted by Gasteiger charge is -2.13. The first-order valence-electron chi connectivity index (χ1n) is 5.22. The number of benzene rings is 1. The summed E-state index contributed by atoms with van der Waals surface area (Å²) in [7, 11) is 3.87. The number of rotatable bonds is 4. The topological polar surface area (TPSA) is 67.3 Å². The van der Waals surface area contributed by atoms with Crippen molar-refractivity contribution in [3.63, 3.8) is 0 Å². The Balaban J connectivity index is 2.25. The maximum absolute atomic E-state index is 5.68. The van der Waals surface area contributed by atoms with Gasteiger partial charge >= 0.3 is 0 Å². The lowest BCUT2D eigenvalue weighted by molar-refractivity contribution is 0.579. The molecule has 0 saturated carbocycles. The summed E-state index contributed by atoms with van der Waals surface area (Å²) in [5, 5.41) is 3.08. The smallest absolute Gasteiger partial charge is 0.298 e. The average Bonchev–Trinajstić information content (AvgIpc) is 2.68. The third-order valence-corrected chi connectivity index (χ3v) is 2.42. The van der Waals surface area contributed by atoms with Crippen LogP contribution in [0.3, 0.4) is 0 Å². The number of oxazole rings is 1. The molecule has 0 unspecified atom stereocenters. The highest BCUT2D eigenvalue weighted by Crippen LogP contribution is 2.22. The van der Waals surface area contributed by atoms with Crippen molar-refractivity contribution in [1.82, 2.24) is 10.3 Å². The predicted octanol–water partition coefficient (Wildman–Crippen LogP) is 1.07. The van der Waals surface area contributed by atoms with E-state index in [1.54, 1.807) is 6.07 Å². The zero-order valence-electron chi connectivity index (χ0n) is 9.53. The van der Waals surface area contributed by atoms with E-state index >= 15 is 0 Å². The number of fused-ring (bicyclic) bond motifs is 1. The van der Waals surface area contributed by atoms with E-state index < -0.39 is 0 Å². The number of nitrogen functional groups attached to an aromatic ring is 1.